The molecular weight excluding hydrogens is 288 g/mol. The molecule has 2 N–H and O–H groups in total. The minimum absolute atomic E-state index is 0.0883. The highest BCUT2D eigenvalue weighted by atomic mass is 16.3. The van der Waals surface area contributed by atoms with Crippen LogP contribution in [0.2, 0.25) is 0 Å². The van der Waals surface area contributed by atoms with Crippen LogP contribution in [0.15, 0.2) is 60.8 Å². The van der Waals surface area contributed by atoms with Gasteiger partial charge in [0, 0.05) is 25.5 Å². The van der Waals surface area contributed by atoms with Gasteiger partial charge in [-0.15, -0.1) is 0 Å². The highest BCUT2D eigenvalue weighted by molar-refractivity contribution is 5.90. The van der Waals surface area contributed by atoms with Gasteiger partial charge in [-0.25, -0.2) is 0 Å². The zero-order valence-corrected chi connectivity index (χ0v) is 13.1. The summed E-state index contributed by atoms with van der Waals surface area (Å²) in [5, 5.41) is 15.2. The largest absolute Gasteiger partial charge is 0.385 e. The molecule has 1 atom stereocenters. The smallest absolute Gasteiger partial charge is 0.224 e. The molecule has 0 saturated carbocycles. The van der Waals surface area contributed by atoms with Crippen molar-refractivity contribution < 1.29 is 9.90 Å². The molecule has 2 aromatic carbocycles. The van der Waals surface area contributed by atoms with E-state index < -0.39 is 6.10 Å². The van der Waals surface area contributed by atoms with E-state index in [-0.39, 0.29) is 12.5 Å². The number of carbonyl (C=O) groups is 1. The Morgan fingerprint density at radius 1 is 1.13 bits per heavy atom. The maximum atomic E-state index is 12.2. The molecule has 118 valence electrons. The van der Waals surface area contributed by atoms with E-state index >= 15 is 0 Å². The molecule has 3 rings (SSSR count). The third-order valence-corrected chi connectivity index (χ3v) is 4.05. The molecule has 1 amide bonds. The summed E-state index contributed by atoms with van der Waals surface area (Å²) < 4.78 is 1.85. The van der Waals surface area contributed by atoms with Gasteiger partial charge in [0.1, 0.15) is 6.10 Å². The summed E-state index contributed by atoms with van der Waals surface area (Å²) in [6.45, 7) is 0.210. The molecule has 3 aromatic rings. The predicted octanol–water partition coefficient (Wildman–Crippen LogP) is 2.57. The average Bonchev–Trinajstić information content (AvgIpc) is 2.99. The lowest BCUT2D eigenvalue weighted by Gasteiger charge is -2.13. The first-order chi connectivity index (χ1) is 11.1. The molecule has 0 aliphatic carbocycles. The Labute approximate surface area is 135 Å². The van der Waals surface area contributed by atoms with Gasteiger partial charge in [-0.1, -0.05) is 42.5 Å². The van der Waals surface area contributed by atoms with E-state index in [0.29, 0.717) is 6.42 Å². The van der Waals surface area contributed by atoms with Crippen LogP contribution in [0.4, 0.5) is 0 Å². The van der Waals surface area contributed by atoms with Gasteiger partial charge in [0.15, 0.2) is 0 Å². The molecule has 4 heteroatoms. The van der Waals surface area contributed by atoms with Crippen LogP contribution in [0.1, 0.15) is 17.4 Å². The van der Waals surface area contributed by atoms with Crippen LogP contribution in [0.25, 0.3) is 10.8 Å². The summed E-state index contributed by atoms with van der Waals surface area (Å²) >= 11 is 0. The first-order valence-corrected chi connectivity index (χ1v) is 7.68. The standard InChI is InChI=1S/C19H20N2O2/c1-21-11-5-10-17(21)18(22)13-20-19(23)12-15-8-4-7-14-6-2-3-9-16(14)15/h2-11,18,22H,12-13H2,1H3,(H,20,23). The number of aryl methyl sites for hydroxylation is 1. The van der Waals surface area contributed by atoms with Crippen molar-refractivity contribution in [2.75, 3.05) is 6.54 Å². The molecule has 0 saturated heterocycles. The van der Waals surface area contributed by atoms with Gasteiger partial charge in [-0.2, -0.15) is 0 Å². The van der Waals surface area contributed by atoms with Crippen LogP contribution >= 0.6 is 0 Å². The normalized spacial score (nSPS) is 12.3. The quantitative estimate of drug-likeness (QED) is 0.761. The van der Waals surface area contributed by atoms with Crippen molar-refractivity contribution in [2.45, 2.75) is 12.5 Å². The second-order valence-electron chi connectivity index (χ2n) is 5.68. The molecule has 0 bridgehead atoms. The maximum Gasteiger partial charge on any atom is 0.224 e. The minimum Gasteiger partial charge on any atom is -0.385 e. The number of nitrogens with zero attached hydrogens (tertiary/aromatic N) is 1. The Morgan fingerprint density at radius 2 is 1.91 bits per heavy atom. The van der Waals surface area contributed by atoms with E-state index in [1.807, 2.05) is 72.4 Å². The minimum atomic E-state index is -0.702. The summed E-state index contributed by atoms with van der Waals surface area (Å²) in [6, 6.07) is 17.7. The topological polar surface area (TPSA) is 54.3 Å². The number of aromatic nitrogens is 1. The molecule has 1 heterocycles. The highest BCUT2D eigenvalue weighted by Gasteiger charge is 2.13. The van der Waals surface area contributed by atoms with Gasteiger partial charge in [-0.3, -0.25) is 4.79 Å². The number of aliphatic hydroxyl groups excluding tert-OH is 1. The van der Waals surface area contributed by atoms with Gasteiger partial charge >= 0.3 is 0 Å². The fourth-order valence-corrected chi connectivity index (χ4v) is 2.82. The number of carbonyl (C=O) groups excluding carboxylic acids is 1. The fourth-order valence-electron chi connectivity index (χ4n) is 2.82. The van der Waals surface area contributed by atoms with E-state index in [2.05, 4.69) is 5.32 Å². The number of nitrogens with one attached hydrogen (secondary N) is 1. The molecule has 0 aliphatic rings. The van der Waals surface area contributed by atoms with Crippen LogP contribution in [-0.2, 0) is 18.3 Å². The van der Waals surface area contributed by atoms with Crippen molar-refractivity contribution >= 4 is 16.7 Å². The zero-order valence-electron chi connectivity index (χ0n) is 13.1. The second-order valence-corrected chi connectivity index (χ2v) is 5.68. The van der Waals surface area contributed by atoms with Crippen molar-refractivity contribution in [2.24, 2.45) is 7.05 Å². The monoisotopic (exact) mass is 308 g/mol. The van der Waals surface area contributed by atoms with Gasteiger partial charge in [0.2, 0.25) is 5.91 Å². The first-order valence-electron chi connectivity index (χ1n) is 7.68. The zero-order chi connectivity index (χ0) is 16.2. The van der Waals surface area contributed by atoms with Gasteiger partial charge in [0.05, 0.1) is 6.42 Å². The summed E-state index contributed by atoms with van der Waals surface area (Å²) in [5.41, 5.74) is 1.78. The Hall–Kier alpha value is -2.59. The molecule has 1 aromatic heterocycles. The van der Waals surface area contributed by atoms with Crippen LogP contribution in [0.5, 0.6) is 0 Å². The van der Waals surface area contributed by atoms with Crippen molar-refractivity contribution in [3.05, 3.63) is 72.1 Å². The lowest BCUT2D eigenvalue weighted by Crippen LogP contribution is -2.30. The maximum absolute atomic E-state index is 12.2. The lowest BCUT2D eigenvalue weighted by atomic mass is 10.0. The number of hydrogen-bond donors (Lipinski definition) is 2. The summed E-state index contributed by atoms with van der Waals surface area (Å²) in [4.78, 5) is 12.2. The lowest BCUT2D eigenvalue weighted by molar-refractivity contribution is -0.120. The molecule has 0 spiro atoms. The number of benzene rings is 2. The number of hydrogen-bond acceptors (Lipinski definition) is 2. The fraction of sp³-hybridized carbons (Fsp3) is 0.211. The van der Waals surface area contributed by atoms with Crippen molar-refractivity contribution in [3.63, 3.8) is 0 Å². The van der Waals surface area contributed by atoms with Crippen LogP contribution in [0, 0.1) is 0 Å². The summed E-state index contributed by atoms with van der Waals surface area (Å²) in [5.74, 6) is -0.0883. The Morgan fingerprint density at radius 3 is 2.70 bits per heavy atom. The third kappa shape index (κ3) is 3.43. The first kappa shape index (κ1) is 15.3. The summed E-state index contributed by atoms with van der Waals surface area (Å²) in [7, 11) is 1.87. The van der Waals surface area contributed by atoms with E-state index in [9.17, 15) is 9.90 Å². The SMILES string of the molecule is Cn1cccc1C(O)CNC(=O)Cc1cccc2ccccc12. The number of fused-ring (bicyclic) bond motifs is 1. The van der Waals surface area contributed by atoms with E-state index in [0.717, 1.165) is 22.0 Å². The highest BCUT2D eigenvalue weighted by Crippen LogP contribution is 2.19. The van der Waals surface area contributed by atoms with Crippen LogP contribution in [-0.4, -0.2) is 22.1 Å². The van der Waals surface area contributed by atoms with Gasteiger partial charge in [0.25, 0.3) is 0 Å². The second kappa shape index (κ2) is 6.67. The van der Waals surface area contributed by atoms with E-state index in [1.165, 1.54) is 0 Å². The van der Waals surface area contributed by atoms with Crippen molar-refractivity contribution in [1.82, 2.24) is 9.88 Å². The average molecular weight is 308 g/mol. The van der Waals surface area contributed by atoms with Crippen LogP contribution < -0.4 is 5.32 Å². The molecule has 0 fully saturated rings. The predicted molar refractivity (Wildman–Crippen MR) is 91.0 cm³/mol. The van der Waals surface area contributed by atoms with E-state index in [1.54, 1.807) is 0 Å². The molecule has 23 heavy (non-hydrogen) atoms. The molecule has 4 nitrogen and oxygen atoms in total. The molecule has 0 aliphatic heterocycles. The van der Waals surface area contributed by atoms with Gasteiger partial charge in [-0.05, 0) is 28.5 Å². The molecule has 0 radical (unpaired) electrons. The Bertz CT molecular complexity index is 818. The van der Waals surface area contributed by atoms with E-state index in [4.69, 9.17) is 0 Å². The van der Waals surface area contributed by atoms with Crippen molar-refractivity contribution in [3.8, 4) is 0 Å². The molecule has 1 unspecified atom stereocenters. The van der Waals surface area contributed by atoms with Gasteiger partial charge < -0.3 is 15.0 Å². The van der Waals surface area contributed by atoms with Crippen molar-refractivity contribution in [1.29, 1.82) is 0 Å². The van der Waals surface area contributed by atoms with Crippen LogP contribution in [0.3, 0.4) is 0 Å². The Kier molecular flexibility index (Phi) is 4.44. The number of aliphatic hydroxyl groups is 1. The third-order valence-electron chi connectivity index (χ3n) is 4.05. The summed E-state index contributed by atoms with van der Waals surface area (Å²) in [6.07, 6.45) is 1.48. The number of amides is 1. The Balaban J connectivity index is 1.64. The molecular formula is C19H20N2O2. The number of rotatable bonds is 5.